The van der Waals surface area contributed by atoms with E-state index in [0.717, 1.165) is 12.8 Å². The quantitative estimate of drug-likeness (QED) is 0.927. The molecule has 0 aliphatic carbocycles. The zero-order chi connectivity index (χ0) is 18.0. The molecule has 0 radical (unpaired) electrons. The van der Waals surface area contributed by atoms with E-state index in [-0.39, 0.29) is 17.9 Å². The maximum Gasteiger partial charge on any atom is 0.258 e. The van der Waals surface area contributed by atoms with Gasteiger partial charge in [-0.05, 0) is 30.9 Å². The molecule has 0 bridgehead atoms. The largest absolute Gasteiger partial charge is 0.396 e. The summed E-state index contributed by atoms with van der Waals surface area (Å²) in [6.45, 7) is 7.57. The molecule has 2 heterocycles. The third-order valence-corrected chi connectivity index (χ3v) is 4.64. The van der Waals surface area contributed by atoms with Gasteiger partial charge in [0.1, 0.15) is 0 Å². The van der Waals surface area contributed by atoms with Gasteiger partial charge in [-0.1, -0.05) is 38.1 Å². The van der Waals surface area contributed by atoms with Crippen LogP contribution >= 0.6 is 0 Å². The predicted molar refractivity (Wildman–Crippen MR) is 94.1 cm³/mol. The van der Waals surface area contributed by atoms with E-state index in [2.05, 4.69) is 10.1 Å². The lowest BCUT2D eigenvalue weighted by atomic mass is 9.96. The zero-order valence-corrected chi connectivity index (χ0v) is 15.0. The van der Waals surface area contributed by atoms with Crippen molar-refractivity contribution in [3.05, 3.63) is 35.7 Å². The number of rotatable bonds is 3. The molecule has 0 spiro atoms. The number of benzene rings is 1. The summed E-state index contributed by atoms with van der Waals surface area (Å²) in [4.78, 5) is 19.3. The van der Waals surface area contributed by atoms with Crippen molar-refractivity contribution in [1.29, 1.82) is 0 Å². The normalized spacial score (nSPS) is 16.2. The van der Waals surface area contributed by atoms with Gasteiger partial charge in [-0.2, -0.15) is 4.98 Å². The molecule has 6 heteroatoms. The Bertz CT molecular complexity index is 740. The van der Waals surface area contributed by atoms with E-state index in [0.29, 0.717) is 41.8 Å². The van der Waals surface area contributed by atoms with Crippen molar-refractivity contribution in [2.24, 2.45) is 5.92 Å². The summed E-state index contributed by atoms with van der Waals surface area (Å²) >= 11 is 0. The molecule has 1 aliphatic heterocycles. The second kappa shape index (κ2) is 6.96. The number of aromatic nitrogens is 2. The summed E-state index contributed by atoms with van der Waals surface area (Å²) in [5, 5.41) is 13.3. The Balaban J connectivity index is 1.86. The lowest BCUT2D eigenvalue weighted by Crippen LogP contribution is -2.39. The van der Waals surface area contributed by atoms with Gasteiger partial charge in [0, 0.05) is 25.1 Å². The first-order chi connectivity index (χ1) is 11.9. The number of aliphatic hydroxyl groups is 1. The van der Waals surface area contributed by atoms with Crippen LogP contribution in [-0.2, 0) is 5.41 Å². The molecule has 134 valence electrons. The second-order valence-corrected chi connectivity index (χ2v) is 7.64. The molecule has 1 aromatic heterocycles. The third kappa shape index (κ3) is 3.74. The molecule has 1 amide bonds. The van der Waals surface area contributed by atoms with E-state index in [1.54, 1.807) is 6.07 Å². The van der Waals surface area contributed by atoms with Gasteiger partial charge in [0.2, 0.25) is 0 Å². The number of piperidine rings is 1. The molecule has 1 saturated heterocycles. The molecule has 0 atom stereocenters. The third-order valence-electron chi connectivity index (χ3n) is 4.64. The molecule has 1 fully saturated rings. The van der Waals surface area contributed by atoms with Crippen LogP contribution in [0.25, 0.3) is 11.5 Å². The van der Waals surface area contributed by atoms with Crippen LogP contribution in [0.1, 0.15) is 49.8 Å². The fourth-order valence-corrected chi connectivity index (χ4v) is 2.98. The Kier molecular flexibility index (Phi) is 4.90. The molecule has 2 aromatic rings. The second-order valence-electron chi connectivity index (χ2n) is 7.64. The van der Waals surface area contributed by atoms with E-state index in [9.17, 15) is 9.90 Å². The number of likely N-dealkylation sites (tertiary alicyclic amines) is 1. The van der Waals surface area contributed by atoms with Gasteiger partial charge in [0.05, 0.1) is 11.1 Å². The first-order valence-electron chi connectivity index (χ1n) is 8.74. The fraction of sp³-hybridized carbons (Fsp3) is 0.526. The summed E-state index contributed by atoms with van der Waals surface area (Å²) in [6.07, 6.45) is 1.66. The van der Waals surface area contributed by atoms with Crippen LogP contribution in [0, 0.1) is 5.92 Å². The van der Waals surface area contributed by atoms with E-state index >= 15 is 0 Å². The van der Waals surface area contributed by atoms with Gasteiger partial charge in [0.25, 0.3) is 11.8 Å². The Morgan fingerprint density at radius 3 is 2.56 bits per heavy atom. The highest BCUT2D eigenvalue weighted by molar-refractivity contribution is 6.00. The summed E-state index contributed by atoms with van der Waals surface area (Å²) in [5.41, 5.74) is 1.03. The van der Waals surface area contributed by atoms with Crippen LogP contribution in [0.4, 0.5) is 0 Å². The number of aliphatic hydroxyl groups excluding tert-OH is 1. The number of carbonyl (C=O) groups excluding carboxylic acids is 1. The van der Waals surface area contributed by atoms with Gasteiger partial charge >= 0.3 is 0 Å². The van der Waals surface area contributed by atoms with Crippen molar-refractivity contribution in [3.63, 3.8) is 0 Å². The standard InChI is InChI=1S/C19H25N3O3/c1-19(2,3)18-20-16(25-21-18)14-6-4-5-7-15(14)17(24)22-10-8-13(12-23)9-11-22/h4-7,13,23H,8-12H2,1-3H3. The van der Waals surface area contributed by atoms with Gasteiger partial charge in [-0.15, -0.1) is 0 Å². The Morgan fingerprint density at radius 1 is 1.28 bits per heavy atom. The lowest BCUT2D eigenvalue weighted by molar-refractivity contribution is 0.0651. The maximum atomic E-state index is 13.0. The fourth-order valence-electron chi connectivity index (χ4n) is 2.98. The minimum absolute atomic E-state index is 0.0255. The van der Waals surface area contributed by atoms with Crippen LogP contribution in [0.3, 0.4) is 0 Å². The Hall–Kier alpha value is -2.21. The van der Waals surface area contributed by atoms with E-state index in [1.165, 1.54) is 0 Å². The molecule has 1 aliphatic rings. The molecule has 1 aromatic carbocycles. The van der Waals surface area contributed by atoms with Crippen molar-refractivity contribution >= 4 is 5.91 Å². The highest BCUT2D eigenvalue weighted by Gasteiger charge is 2.27. The average molecular weight is 343 g/mol. The molecule has 0 unspecified atom stereocenters. The number of hydrogen-bond acceptors (Lipinski definition) is 5. The first-order valence-corrected chi connectivity index (χ1v) is 8.74. The minimum atomic E-state index is -0.215. The number of carbonyl (C=O) groups is 1. The monoisotopic (exact) mass is 343 g/mol. The smallest absolute Gasteiger partial charge is 0.258 e. The summed E-state index contributed by atoms with van der Waals surface area (Å²) in [5.74, 6) is 1.26. The number of nitrogens with zero attached hydrogens (tertiary/aromatic N) is 3. The van der Waals surface area contributed by atoms with Gasteiger partial charge in [0.15, 0.2) is 5.82 Å². The van der Waals surface area contributed by atoms with Gasteiger partial charge in [-0.3, -0.25) is 4.79 Å². The molecule has 0 saturated carbocycles. The molecular weight excluding hydrogens is 318 g/mol. The molecule has 25 heavy (non-hydrogen) atoms. The average Bonchev–Trinajstić information content (AvgIpc) is 3.11. The lowest BCUT2D eigenvalue weighted by Gasteiger charge is -2.31. The minimum Gasteiger partial charge on any atom is -0.396 e. The summed E-state index contributed by atoms with van der Waals surface area (Å²) < 4.78 is 5.42. The summed E-state index contributed by atoms with van der Waals surface area (Å²) in [6, 6.07) is 7.35. The van der Waals surface area contributed by atoms with Crippen molar-refractivity contribution in [2.75, 3.05) is 19.7 Å². The van der Waals surface area contributed by atoms with Crippen LogP contribution in [-0.4, -0.2) is 45.8 Å². The van der Waals surface area contributed by atoms with E-state index in [4.69, 9.17) is 4.52 Å². The van der Waals surface area contributed by atoms with E-state index in [1.807, 2.05) is 43.9 Å². The topological polar surface area (TPSA) is 79.5 Å². The Labute approximate surface area is 147 Å². The molecular formula is C19H25N3O3. The zero-order valence-electron chi connectivity index (χ0n) is 15.0. The highest BCUT2D eigenvalue weighted by Crippen LogP contribution is 2.28. The molecule has 6 nitrogen and oxygen atoms in total. The Morgan fingerprint density at radius 2 is 1.96 bits per heavy atom. The van der Waals surface area contributed by atoms with Crippen LogP contribution in [0.5, 0.6) is 0 Å². The van der Waals surface area contributed by atoms with Crippen molar-refractivity contribution in [1.82, 2.24) is 15.0 Å². The number of hydrogen-bond donors (Lipinski definition) is 1. The van der Waals surface area contributed by atoms with Crippen LogP contribution in [0.15, 0.2) is 28.8 Å². The highest BCUT2D eigenvalue weighted by atomic mass is 16.5. The first kappa shape index (κ1) is 17.6. The van der Waals surface area contributed by atoms with Crippen molar-refractivity contribution in [3.8, 4) is 11.5 Å². The maximum absolute atomic E-state index is 13.0. The molecule has 1 N–H and O–H groups in total. The van der Waals surface area contributed by atoms with Gasteiger partial charge in [-0.25, -0.2) is 0 Å². The van der Waals surface area contributed by atoms with Crippen LogP contribution < -0.4 is 0 Å². The summed E-state index contributed by atoms with van der Waals surface area (Å²) in [7, 11) is 0. The molecule has 3 rings (SSSR count). The SMILES string of the molecule is CC(C)(C)c1noc(-c2ccccc2C(=O)N2CCC(CO)CC2)n1. The number of amides is 1. The van der Waals surface area contributed by atoms with E-state index < -0.39 is 0 Å². The predicted octanol–water partition coefficient (Wildman–Crippen LogP) is 2.88. The van der Waals surface area contributed by atoms with Crippen molar-refractivity contribution in [2.45, 2.75) is 39.0 Å². The van der Waals surface area contributed by atoms with Crippen molar-refractivity contribution < 1.29 is 14.4 Å². The van der Waals surface area contributed by atoms with Crippen LogP contribution in [0.2, 0.25) is 0 Å². The van der Waals surface area contributed by atoms with Gasteiger partial charge < -0.3 is 14.5 Å².